The average Bonchev–Trinajstić information content (AvgIpc) is 1.19. The van der Waals surface area contributed by atoms with Gasteiger partial charge < -0.3 is 0 Å². The molecule has 0 aliphatic carbocycles. The van der Waals surface area contributed by atoms with Gasteiger partial charge in [-0.05, 0) is 0 Å². The Morgan fingerprint density at radius 2 is 1.22 bits per heavy atom. The molecule has 0 aromatic heterocycles. The maximum absolute atomic E-state index is 9.19. The highest BCUT2D eigenvalue weighted by atomic mass is 32.2. The Morgan fingerprint density at radius 3 is 1.22 bits per heavy atom. The predicted octanol–water partition coefficient (Wildman–Crippen LogP) is 0.607. The van der Waals surface area contributed by atoms with Crippen molar-refractivity contribution in [1.29, 1.82) is 0 Å². The van der Waals surface area contributed by atoms with Crippen molar-refractivity contribution in [3.8, 4) is 0 Å². The molecule has 0 rings (SSSR count). The first kappa shape index (κ1) is 11.9. The summed E-state index contributed by atoms with van der Waals surface area (Å²) in [7, 11) is -3.81. The van der Waals surface area contributed by atoms with Gasteiger partial charge in [0.15, 0.2) is 0 Å². The zero-order valence-electron chi connectivity index (χ0n) is 6.25. The van der Waals surface area contributed by atoms with Crippen LogP contribution in [0.25, 0.3) is 0 Å². The van der Waals surface area contributed by atoms with Crippen LogP contribution in [0.3, 0.4) is 0 Å². The van der Waals surface area contributed by atoms with E-state index in [1.54, 1.807) is 0 Å². The molecule has 0 aromatic carbocycles. The average molecular weight is 170 g/mol. The van der Waals surface area contributed by atoms with Gasteiger partial charge in [0.2, 0.25) is 0 Å². The fraction of sp³-hybridized carbons (Fsp3) is 1.00. The molecule has 3 nitrogen and oxygen atoms in total. The summed E-state index contributed by atoms with van der Waals surface area (Å²) >= 11 is 0. The molecular formula is C4H14O3SSi. The number of rotatable bonds is 0. The molecule has 9 heavy (non-hydrogen) atoms. The van der Waals surface area contributed by atoms with Gasteiger partial charge in [-0.1, -0.05) is 19.6 Å². The van der Waals surface area contributed by atoms with Crippen LogP contribution in [0.5, 0.6) is 0 Å². The van der Waals surface area contributed by atoms with Crippen LogP contribution in [-0.4, -0.2) is 28.0 Å². The lowest BCUT2D eigenvalue weighted by atomic mass is 11.8. The molecule has 0 amide bonds. The van der Waals surface area contributed by atoms with Gasteiger partial charge in [-0.3, -0.25) is 4.55 Å². The van der Waals surface area contributed by atoms with E-state index in [0.717, 1.165) is 0 Å². The zero-order chi connectivity index (χ0) is 8.08. The van der Waals surface area contributed by atoms with Crippen molar-refractivity contribution in [3.63, 3.8) is 0 Å². The Morgan fingerprint density at radius 1 is 1.22 bits per heavy atom. The quantitative estimate of drug-likeness (QED) is 0.428. The highest BCUT2D eigenvalue weighted by Gasteiger charge is 1.81. The third-order valence-corrected chi connectivity index (χ3v) is 0. The molecule has 0 unspecified atom stereocenters. The van der Waals surface area contributed by atoms with Gasteiger partial charge >= 0.3 is 0 Å². The van der Waals surface area contributed by atoms with Crippen LogP contribution >= 0.6 is 0 Å². The van der Waals surface area contributed by atoms with Crippen molar-refractivity contribution >= 4 is 18.9 Å². The molecule has 58 valence electrons. The second kappa shape index (κ2) is 4.96. The van der Waals surface area contributed by atoms with Crippen LogP contribution < -0.4 is 0 Å². The molecule has 0 spiro atoms. The lowest BCUT2D eigenvalue weighted by molar-refractivity contribution is 0.490. The summed E-state index contributed by atoms with van der Waals surface area (Å²) < 4.78 is 25.9. The van der Waals surface area contributed by atoms with E-state index in [1.807, 2.05) is 0 Å². The predicted molar refractivity (Wildman–Crippen MR) is 42.2 cm³/mol. The van der Waals surface area contributed by atoms with E-state index in [1.165, 1.54) is 0 Å². The minimum absolute atomic E-state index is 0.139. The number of hydrogen-bond donors (Lipinski definition) is 1. The van der Waals surface area contributed by atoms with Gasteiger partial charge in [0, 0.05) is 8.80 Å². The van der Waals surface area contributed by atoms with Gasteiger partial charge in [-0.25, -0.2) is 0 Å². The van der Waals surface area contributed by atoms with Gasteiger partial charge in [-0.15, -0.1) is 0 Å². The highest BCUT2D eigenvalue weighted by Crippen LogP contribution is 1.68. The molecule has 0 saturated heterocycles. The van der Waals surface area contributed by atoms with E-state index in [2.05, 4.69) is 19.6 Å². The van der Waals surface area contributed by atoms with Crippen LogP contribution in [-0.2, 0) is 10.1 Å². The Balaban J connectivity index is 0. The first-order valence-electron chi connectivity index (χ1n) is 2.66. The smallest absolute Gasteiger partial charge is 0.261 e. The van der Waals surface area contributed by atoms with Crippen LogP contribution in [0, 0.1) is 0 Å². The van der Waals surface area contributed by atoms with E-state index in [-0.39, 0.29) is 8.80 Å². The molecule has 0 fully saturated rings. The van der Waals surface area contributed by atoms with Crippen LogP contribution in [0.1, 0.15) is 0 Å². The van der Waals surface area contributed by atoms with E-state index in [0.29, 0.717) is 6.26 Å². The fourth-order valence-electron chi connectivity index (χ4n) is 0. The van der Waals surface area contributed by atoms with Gasteiger partial charge in [0.25, 0.3) is 10.1 Å². The zero-order valence-corrected chi connectivity index (χ0v) is 8.22. The van der Waals surface area contributed by atoms with E-state index < -0.39 is 10.1 Å². The minimum Gasteiger partial charge on any atom is -0.286 e. The Bertz CT molecular complexity index is 127. The molecule has 5 heteroatoms. The van der Waals surface area contributed by atoms with Crippen LogP contribution in [0.4, 0.5) is 0 Å². The molecule has 0 aliphatic heterocycles. The van der Waals surface area contributed by atoms with Crippen molar-refractivity contribution < 1.29 is 13.0 Å². The second-order valence-electron chi connectivity index (χ2n) is 2.47. The normalized spacial score (nSPS) is 10.4. The lowest BCUT2D eigenvalue weighted by Gasteiger charge is -1.75. The van der Waals surface area contributed by atoms with Crippen molar-refractivity contribution in [1.82, 2.24) is 0 Å². The lowest BCUT2D eigenvalue weighted by Crippen LogP contribution is -1.88. The SMILES string of the molecule is CS(=O)(=O)O.C[SiH](C)C. The van der Waals surface area contributed by atoms with Crippen LogP contribution in [0.2, 0.25) is 19.6 Å². The summed E-state index contributed by atoms with van der Waals surface area (Å²) in [6, 6.07) is 0. The summed E-state index contributed by atoms with van der Waals surface area (Å²) in [5, 5.41) is 0. The standard InChI is InChI=1S/C3H10Si.CH4O3S/c1-4(2)3;1-5(2,3)4/h4H,1-3H3;1H3,(H,2,3,4). The summed E-state index contributed by atoms with van der Waals surface area (Å²) in [6.45, 7) is 6.92. The molecule has 0 aliphatic rings. The summed E-state index contributed by atoms with van der Waals surface area (Å²) in [4.78, 5) is 0. The van der Waals surface area contributed by atoms with Gasteiger partial charge in [-0.2, -0.15) is 8.42 Å². The summed E-state index contributed by atoms with van der Waals surface area (Å²) in [5.74, 6) is 0. The molecule has 0 atom stereocenters. The van der Waals surface area contributed by atoms with Crippen molar-refractivity contribution in [2.75, 3.05) is 6.26 Å². The fourth-order valence-corrected chi connectivity index (χ4v) is 0. The second-order valence-corrected chi connectivity index (χ2v) is 7.40. The van der Waals surface area contributed by atoms with E-state index in [9.17, 15) is 8.42 Å². The molecule has 0 saturated carbocycles. The van der Waals surface area contributed by atoms with E-state index >= 15 is 0 Å². The van der Waals surface area contributed by atoms with E-state index in [4.69, 9.17) is 4.55 Å². The number of hydrogen-bond acceptors (Lipinski definition) is 2. The first-order chi connectivity index (χ1) is 3.73. The molecule has 0 aromatic rings. The monoisotopic (exact) mass is 170 g/mol. The third kappa shape index (κ3) is 18900. The maximum atomic E-state index is 9.19. The minimum atomic E-state index is -3.67. The third-order valence-electron chi connectivity index (χ3n) is 0. The molecule has 0 bridgehead atoms. The molecule has 0 radical (unpaired) electrons. The van der Waals surface area contributed by atoms with Gasteiger partial charge in [0.05, 0.1) is 6.26 Å². The van der Waals surface area contributed by atoms with Crippen LogP contribution in [0.15, 0.2) is 0 Å². The maximum Gasteiger partial charge on any atom is 0.261 e. The summed E-state index contributed by atoms with van der Waals surface area (Å²) in [5.41, 5.74) is 0. The van der Waals surface area contributed by atoms with Gasteiger partial charge in [0.1, 0.15) is 0 Å². The van der Waals surface area contributed by atoms with Crippen molar-refractivity contribution in [3.05, 3.63) is 0 Å². The van der Waals surface area contributed by atoms with Crippen molar-refractivity contribution in [2.24, 2.45) is 0 Å². The highest BCUT2D eigenvalue weighted by molar-refractivity contribution is 7.85. The Kier molecular flexibility index (Phi) is 6.53. The Labute approximate surface area is 58.4 Å². The molecule has 0 heterocycles. The first-order valence-corrected chi connectivity index (χ1v) is 7.97. The Hall–Kier alpha value is 0.127. The van der Waals surface area contributed by atoms with Crippen molar-refractivity contribution in [2.45, 2.75) is 19.6 Å². The topological polar surface area (TPSA) is 54.4 Å². The largest absolute Gasteiger partial charge is 0.286 e. The molecular weight excluding hydrogens is 156 g/mol. The molecule has 1 N–H and O–H groups in total. The summed E-state index contributed by atoms with van der Waals surface area (Å²) in [6.07, 6.45) is 0.715.